The maximum Gasteiger partial charge on any atom is 0.0449 e. The molecule has 0 aliphatic carbocycles. The smallest absolute Gasteiger partial charge is 0.0449 e. The number of likely N-dealkylation sites (N-methyl/N-ethyl adjacent to an activating group) is 1. The van der Waals surface area contributed by atoms with Gasteiger partial charge in [0.05, 0.1) is 0 Å². The summed E-state index contributed by atoms with van der Waals surface area (Å²) in [5.41, 5.74) is 7.69. The number of pyridine rings is 1. The fourth-order valence-corrected chi connectivity index (χ4v) is 4.31. The van der Waals surface area contributed by atoms with Crippen molar-refractivity contribution in [1.82, 2.24) is 14.5 Å². The highest BCUT2D eigenvalue weighted by Crippen LogP contribution is 2.25. The summed E-state index contributed by atoms with van der Waals surface area (Å²) in [6, 6.07) is 23.9. The van der Waals surface area contributed by atoms with Gasteiger partial charge in [0.2, 0.25) is 0 Å². The average Bonchev–Trinajstić information content (AvgIpc) is 3.29. The van der Waals surface area contributed by atoms with Gasteiger partial charge in [-0.3, -0.25) is 4.98 Å². The Morgan fingerprint density at radius 3 is 2.26 bits per heavy atom. The zero-order chi connectivity index (χ0) is 21.0. The van der Waals surface area contributed by atoms with E-state index in [1.807, 2.05) is 24.5 Å². The number of benzene rings is 2. The number of rotatable bonds is 5. The maximum absolute atomic E-state index is 4.10. The highest BCUT2D eigenvalue weighted by Gasteiger charge is 2.17. The van der Waals surface area contributed by atoms with Crippen molar-refractivity contribution in [1.29, 1.82) is 0 Å². The molecule has 3 heterocycles. The van der Waals surface area contributed by atoms with Crippen LogP contribution in [0.1, 0.15) is 11.1 Å². The molecule has 0 bridgehead atoms. The first kappa shape index (κ1) is 19.6. The Hall–Kier alpha value is -3.37. The van der Waals surface area contributed by atoms with Crippen molar-refractivity contribution in [3.63, 3.8) is 0 Å². The van der Waals surface area contributed by atoms with Gasteiger partial charge in [-0.05, 0) is 65.7 Å². The number of anilines is 1. The van der Waals surface area contributed by atoms with Gasteiger partial charge in [0.1, 0.15) is 0 Å². The van der Waals surface area contributed by atoms with E-state index in [1.165, 1.54) is 33.6 Å². The molecule has 156 valence electrons. The first-order valence-electron chi connectivity index (χ1n) is 11.0. The van der Waals surface area contributed by atoms with Crippen LogP contribution in [0.3, 0.4) is 0 Å². The maximum atomic E-state index is 4.10. The minimum absolute atomic E-state index is 0.949. The SMILES string of the molecule is CN1CCN(c2ccccc2Cc2ccn(-c3ccc(-c4ccncc4)cc3)c2)CC1. The lowest BCUT2D eigenvalue weighted by molar-refractivity contribution is 0.312. The molecule has 0 N–H and O–H groups in total. The molecular weight excluding hydrogens is 380 g/mol. The molecular formula is C27H28N4. The molecule has 0 atom stereocenters. The molecule has 1 saturated heterocycles. The second-order valence-electron chi connectivity index (χ2n) is 8.31. The van der Waals surface area contributed by atoms with Gasteiger partial charge in [-0.1, -0.05) is 30.3 Å². The topological polar surface area (TPSA) is 24.3 Å². The van der Waals surface area contributed by atoms with Crippen LogP contribution in [-0.4, -0.2) is 47.7 Å². The van der Waals surface area contributed by atoms with Crippen molar-refractivity contribution in [3.05, 3.63) is 103 Å². The normalized spacial score (nSPS) is 14.7. The Morgan fingerprint density at radius 2 is 1.48 bits per heavy atom. The Kier molecular flexibility index (Phi) is 5.55. The summed E-state index contributed by atoms with van der Waals surface area (Å²) in [5, 5.41) is 0. The number of nitrogens with zero attached hydrogens (tertiary/aromatic N) is 4. The van der Waals surface area contributed by atoms with Crippen LogP contribution in [0.2, 0.25) is 0 Å². The molecule has 1 aliphatic rings. The molecule has 0 radical (unpaired) electrons. The number of hydrogen-bond acceptors (Lipinski definition) is 3. The van der Waals surface area contributed by atoms with Gasteiger partial charge < -0.3 is 14.4 Å². The summed E-state index contributed by atoms with van der Waals surface area (Å²) in [6.07, 6.45) is 9.03. The van der Waals surface area contributed by atoms with Crippen molar-refractivity contribution in [2.75, 3.05) is 38.1 Å². The predicted octanol–water partition coefficient (Wildman–Crippen LogP) is 4.88. The van der Waals surface area contributed by atoms with Crippen LogP contribution in [0.5, 0.6) is 0 Å². The molecule has 5 rings (SSSR count). The molecule has 31 heavy (non-hydrogen) atoms. The summed E-state index contributed by atoms with van der Waals surface area (Å²) in [4.78, 5) is 9.04. The fourth-order valence-electron chi connectivity index (χ4n) is 4.31. The van der Waals surface area contributed by atoms with Crippen molar-refractivity contribution < 1.29 is 0 Å². The van der Waals surface area contributed by atoms with E-state index in [1.54, 1.807) is 0 Å². The molecule has 4 heteroatoms. The van der Waals surface area contributed by atoms with Crippen molar-refractivity contribution in [2.24, 2.45) is 0 Å². The average molecular weight is 409 g/mol. The van der Waals surface area contributed by atoms with E-state index in [-0.39, 0.29) is 0 Å². The molecule has 2 aromatic carbocycles. The van der Waals surface area contributed by atoms with Crippen molar-refractivity contribution >= 4 is 5.69 Å². The van der Waals surface area contributed by atoms with E-state index in [0.717, 1.165) is 32.6 Å². The Bertz CT molecular complexity index is 1120. The monoisotopic (exact) mass is 408 g/mol. The third-order valence-corrected chi connectivity index (χ3v) is 6.16. The molecule has 0 spiro atoms. The summed E-state index contributed by atoms with van der Waals surface area (Å²) >= 11 is 0. The van der Waals surface area contributed by atoms with Crippen LogP contribution in [0.4, 0.5) is 5.69 Å². The van der Waals surface area contributed by atoms with Gasteiger partial charge >= 0.3 is 0 Å². The van der Waals surface area contributed by atoms with Crippen LogP contribution >= 0.6 is 0 Å². The van der Waals surface area contributed by atoms with Gasteiger partial charge in [0.25, 0.3) is 0 Å². The second-order valence-corrected chi connectivity index (χ2v) is 8.31. The third-order valence-electron chi connectivity index (χ3n) is 6.16. The van der Waals surface area contributed by atoms with E-state index in [0.29, 0.717) is 0 Å². The van der Waals surface area contributed by atoms with E-state index in [9.17, 15) is 0 Å². The quantitative estimate of drug-likeness (QED) is 0.470. The molecule has 0 saturated carbocycles. The van der Waals surface area contributed by atoms with Gasteiger partial charge in [-0.25, -0.2) is 0 Å². The molecule has 4 nitrogen and oxygen atoms in total. The molecule has 0 unspecified atom stereocenters. The Labute approximate surface area is 184 Å². The number of aromatic nitrogens is 2. The minimum atomic E-state index is 0.949. The van der Waals surface area contributed by atoms with Crippen LogP contribution < -0.4 is 4.90 Å². The first-order valence-corrected chi connectivity index (χ1v) is 11.0. The largest absolute Gasteiger partial charge is 0.369 e. The molecule has 1 aliphatic heterocycles. The van der Waals surface area contributed by atoms with E-state index in [2.05, 4.69) is 93.4 Å². The molecule has 4 aromatic rings. The summed E-state index contributed by atoms with van der Waals surface area (Å²) < 4.78 is 2.21. The van der Waals surface area contributed by atoms with Gasteiger partial charge in [0, 0.05) is 68.8 Å². The lowest BCUT2D eigenvalue weighted by Gasteiger charge is -2.35. The Balaban J connectivity index is 1.33. The molecule has 1 fully saturated rings. The minimum Gasteiger partial charge on any atom is -0.369 e. The summed E-state index contributed by atoms with van der Waals surface area (Å²) in [7, 11) is 2.20. The lowest BCUT2D eigenvalue weighted by atomic mass is 10.0. The second kappa shape index (κ2) is 8.78. The van der Waals surface area contributed by atoms with Crippen LogP contribution in [0.25, 0.3) is 16.8 Å². The standard InChI is InChI=1S/C27H28N4/c1-29-16-18-30(19-17-29)27-5-3-2-4-25(27)20-22-12-15-31(21-22)26-8-6-23(7-9-26)24-10-13-28-14-11-24/h2-15,21H,16-20H2,1H3. The van der Waals surface area contributed by atoms with Gasteiger partial charge in [-0.2, -0.15) is 0 Å². The van der Waals surface area contributed by atoms with Gasteiger partial charge in [0.15, 0.2) is 0 Å². The zero-order valence-corrected chi connectivity index (χ0v) is 18.0. The summed E-state index contributed by atoms with van der Waals surface area (Å²) in [5.74, 6) is 0. The first-order chi connectivity index (χ1) is 15.3. The fraction of sp³-hybridized carbons (Fsp3) is 0.222. The highest BCUT2D eigenvalue weighted by atomic mass is 15.2. The van der Waals surface area contributed by atoms with Crippen molar-refractivity contribution in [3.8, 4) is 16.8 Å². The van der Waals surface area contributed by atoms with Crippen LogP contribution in [0.15, 0.2) is 91.5 Å². The predicted molar refractivity (Wildman–Crippen MR) is 128 cm³/mol. The Morgan fingerprint density at radius 1 is 0.774 bits per heavy atom. The number of piperazine rings is 1. The number of hydrogen-bond donors (Lipinski definition) is 0. The lowest BCUT2D eigenvalue weighted by Crippen LogP contribution is -2.44. The van der Waals surface area contributed by atoms with E-state index < -0.39 is 0 Å². The molecule has 0 amide bonds. The van der Waals surface area contributed by atoms with Crippen LogP contribution in [-0.2, 0) is 6.42 Å². The van der Waals surface area contributed by atoms with Gasteiger partial charge in [-0.15, -0.1) is 0 Å². The van der Waals surface area contributed by atoms with Crippen LogP contribution in [0, 0.1) is 0 Å². The summed E-state index contributed by atoms with van der Waals surface area (Å²) in [6.45, 7) is 4.44. The number of para-hydroxylation sites is 1. The van der Waals surface area contributed by atoms with E-state index in [4.69, 9.17) is 0 Å². The third kappa shape index (κ3) is 4.39. The van der Waals surface area contributed by atoms with Crippen molar-refractivity contribution in [2.45, 2.75) is 6.42 Å². The molecule has 2 aromatic heterocycles. The van der Waals surface area contributed by atoms with E-state index >= 15 is 0 Å². The zero-order valence-electron chi connectivity index (χ0n) is 18.0. The highest BCUT2D eigenvalue weighted by molar-refractivity contribution is 5.64.